The number of nitrogens with zero attached hydrogens (tertiary/aromatic N) is 1. The molecule has 0 radical (unpaired) electrons. The highest BCUT2D eigenvalue weighted by molar-refractivity contribution is 9.10. The molecule has 0 saturated carbocycles. The van der Waals surface area contributed by atoms with E-state index >= 15 is 0 Å². The Hall–Kier alpha value is -3.03. The number of amides is 1. The number of rotatable bonds is 9. The van der Waals surface area contributed by atoms with E-state index in [0.717, 1.165) is 21.2 Å². The van der Waals surface area contributed by atoms with E-state index in [1.54, 1.807) is 32.6 Å². The standard InChI is InChI=1S/C24H22BrClN2O4/c1-30-22-10-7-16(12-23(22)31-2)13-24(29)28-27-14-17-8-9-21(19(25)11-17)32-15-18-5-3-4-6-20(18)26/h3-12,14H,13,15H2,1-2H3,(H,28,29)/b27-14+. The van der Waals surface area contributed by atoms with E-state index in [4.69, 9.17) is 25.8 Å². The molecule has 0 heterocycles. The fraction of sp³-hybridized carbons (Fsp3) is 0.167. The van der Waals surface area contributed by atoms with Gasteiger partial charge in [-0.15, -0.1) is 0 Å². The summed E-state index contributed by atoms with van der Waals surface area (Å²) < 4.78 is 17.1. The summed E-state index contributed by atoms with van der Waals surface area (Å²) in [7, 11) is 3.12. The predicted molar refractivity (Wildman–Crippen MR) is 129 cm³/mol. The molecule has 0 saturated heterocycles. The SMILES string of the molecule is COc1ccc(CC(=O)N/N=C/c2ccc(OCc3ccccc3Cl)c(Br)c2)cc1OC. The average molecular weight is 518 g/mol. The number of hydrazone groups is 1. The number of hydrogen-bond acceptors (Lipinski definition) is 5. The molecule has 1 N–H and O–H groups in total. The van der Waals surface area contributed by atoms with Crippen molar-refractivity contribution in [2.75, 3.05) is 14.2 Å². The van der Waals surface area contributed by atoms with Crippen LogP contribution in [0.1, 0.15) is 16.7 Å². The highest BCUT2D eigenvalue weighted by atomic mass is 79.9. The van der Waals surface area contributed by atoms with E-state index in [9.17, 15) is 4.79 Å². The van der Waals surface area contributed by atoms with Crippen LogP contribution in [0.2, 0.25) is 5.02 Å². The molecule has 0 unspecified atom stereocenters. The van der Waals surface area contributed by atoms with Crippen LogP contribution in [0.3, 0.4) is 0 Å². The molecule has 0 aliphatic carbocycles. The number of nitrogens with one attached hydrogen (secondary N) is 1. The Morgan fingerprint density at radius 3 is 2.50 bits per heavy atom. The second kappa shape index (κ2) is 11.5. The van der Waals surface area contributed by atoms with Crippen molar-refractivity contribution in [2.24, 2.45) is 5.10 Å². The molecule has 0 aliphatic rings. The molecular weight excluding hydrogens is 496 g/mol. The fourth-order valence-corrected chi connectivity index (χ4v) is 3.58. The van der Waals surface area contributed by atoms with Gasteiger partial charge < -0.3 is 14.2 Å². The molecular formula is C24H22BrClN2O4. The van der Waals surface area contributed by atoms with Gasteiger partial charge in [-0.25, -0.2) is 5.43 Å². The van der Waals surface area contributed by atoms with Gasteiger partial charge >= 0.3 is 0 Å². The lowest BCUT2D eigenvalue weighted by Crippen LogP contribution is -2.19. The summed E-state index contributed by atoms with van der Waals surface area (Å²) in [5.41, 5.74) is 5.03. The van der Waals surface area contributed by atoms with Gasteiger partial charge in [0.2, 0.25) is 5.91 Å². The van der Waals surface area contributed by atoms with Crippen molar-refractivity contribution >= 4 is 39.7 Å². The number of hydrogen-bond donors (Lipinski definition) is 1. The molecule has 0 spiro atoms. The van der Waals surface area contributed by atoms with Crippen LogP contribution in [0.25, 0.3) is 0 Å². The maximum absolute atomic E-state index is 12.2. The van der Waals surface area contributed by atoms with Gasteiger partial charge in [0.1, 0.15) is 12.4 Å². The van der Waals surface area contributed by atoms with Gasteiger partial charge in [-0.3, -0.25) is 4.79 Å². The first-order valence-corrected chi connectivity index (χ1v) is 10.9. The van der Waals surface area contributed by atoms with Crippen LogP contribution in [0.4, 0.5) is 0 Å². The molecule has 6 nitrogen and oxygen atoms in total. The highest BCUT2D eigenvalue weighted by Crippen LogP contribution is 2.28. The molecule has 166 valence electrons. The summed E-state index contributed by atoms with van der Waals surface area (Å²) in [6, 6.07) is 18.4. The van der Waals surface area contributed by atoms with Gasteiger partial charge in [0.05, 0.1) is 31.3 Å². The van der Waals surface area contributed by atoms with Gasteiger partial charge in [0.25, 0.3) is 0 Å². The van der Waals surface area contributed by atoms with E-state index < -0.39 is 0 Å². The maximum Gasteiger partial charge on any atom is 0.244 e. The smallest absolute Gasteiger partial charge is 0.244 e. The molecule has 0 aliphatic heterocycles. The summed E-state index contributed by atoms with van der Waals surface area (Å²) in [6.07, 6.45) is 1.73. The van der Waals surface area contributed by atoms with Crippen LogP contribution in [-0.2, 0) is 17.8 Å². The molecule has 3 aromatic carbocycles. The number of ether oxygens (including phenoxy) is 3. The van der Waals surface area contributed by atoms with Gasteiger partial charge in [0, 0.05) is 10.6 Å². The monoisotopic (exact) mass is 516 g/mol. The third-order valence-corrected chi connectivity index (χ3v) is 5.50. The molecule has 8 heteroatoms. The topological polar surface area (TPSA) is 69.2 Å². The van der Waals surface area contributed by atoms with E-state index in [-0.39, 0.29) is 12.3 Å². The van der Waals surface area contributed by atoms with Crippen LogP contribution in [0, 0.1) is 0 Å². The molecule has 32 heavy (non-hydrogen) atoms. The van der Waals surface area contributed by atoms with Gasteiger partial charge in [-0.05, 0) is 63.5 Å². The first kappa shape index (κ1) is 23.6. The zero-order valence-corrected chi connectivity index (χ0v) is 19.9. The van der Waals surface area contributed by atoms with Crippen LogP contribution < -0.4 is 19.6 Å². The zero-order valence-electron chi connectivity index (χ0n) is 17.6. The zero-order chi connectivity index (χ0) is 22.9. The second-order valence-corrected chi connectivity index (χ2v) is 7.99. The Labute approximate surface area is 200 Å². The quantitative estimate of drug-likeness (QED) is 0.305. The Morgan fingerprint density at radius 1 is 1.03 bits per heavy atom. The number of methoxy groups -OCH3 is 2. The average Bonchev–Trinajstić information content (AvgIpc) is 2.79. The maximum atomic E-state index is 12.2. The van der Waals surface area contributed by atoms with Crippen molar-refractivity contribution in [1.29, 1.82) is 0 Å². The third kappa shape index (κ3) is 6.48. The van der Waals surface area contributed by atoms with Crippen LogP contribution in [-0.4, -0.2) is 26.3 Å². The van der Waals surface area contributed by atoms with Crippen LogP contribution in [0.15, 0.2) is 70.2 Å². The lowest BCUT2D eigenvalue weighted by molar-refractivity contribution is -0.120. The minimum atomic E-state index is -0.243. The summed E-state index contributed by atoms with van der Waals surface area (Å²) >= 11 is 9.66. The largest absolute Gasteiger partial charge is 0.493 e. The lowest BCUT2D eigenvalue weighted by Gasteiger charge is -2.10. The number of benzene rings is 3. The van der Waals surface area contributed by atoms with Crippen LogP contribution in [0.5, 0.6) is 17.2 Å². The fourth-order valence-electron chi connectivity index (χ4n) is 2.88. The van der Waals surface area contributed by atoms with Crippen LogP contribution >= 0.6 is 27.5 Å². The van der Waals surface area contributed by atoms with Crippen molar-refractivity contribution in [1.82, 2.24) is 5.43 Å². The van der Waals surface area contributed by atoms with E-state index in [1.807, 2.05) is 48.5 Å². The van der Waals surface area contributed by atoms with E-state index in [2.05, 4.69) is 26.5 Å². The molecule has 3 rings (SSSR count). The normalized spacial score (nSPS) is 10.8. The molecule has 3 aromatic rings. The number of carbonyl (C=O) groups excluding carboxylic acids is 1. The lowest BCUT2D eigenvalue weighted by atomic mass is 10.1. The highest BCUT2D eigenvalue weighted by Gasteiger charge is 2.08. The molecule has 0 atom stereocenters. The molecule has 0 bridgehead atoms. The number of carbonyl (C=O) groups is 1. The van der Waals surface area contributed by atoms with Crippen molar-refractivity contribution in [3.63, 3.8) is 0 Å². The van der Waals surface area contributed by atoms with E-state index in [0.29, 0.717) is 28.9 Å². The Morgan fingerprint density at radius 2 is 1.78 bits per heavy atom. The third-order valence-electron chi connectivity index (χ3n) is 4.51. The van der Waals surface area contributed by atoms with Gasteiger partial charge in [-0.2, -0.15) is 5.10 Å². The molecule has 0 aromatic heterocycles. The first-order chi connectivity index (χ1) is 15.5. The van der Waals surface area contributed by atoms with Crippen molar-refractivity contribution in [2.45, 2.75) is 13.0 Å². The van der Waals surface area contributed by atoms with Gasteiger partial charge in [-0.1, -0.05) is 35.9 Å². The van der Waals surface area contributed by atoms with Crippen molar-refractivity contribution < 1.29 is 19.0 Å². The number of halogens is 2. The van der Waals surface area contributed by atoms with Crippen molar-refractivity contribution in [3.05, 3.63) is 86.8 Å². The van der Waals surface area contributed by atoms with E-state index in [1.165, 1.54) is 0 Å². The summed E-state index contributed by atoms with van der Waals surface area (Å²) in [5.74, 6) is 1.62. The minimum Gasteiger partial charge on any atom is -0.493 e. The summed E-state index contributed by atoms with van der Waals surface area (Å²) in [5, 5.41) is 4.69. The minimum absolute atomic E-state index is 0.163. The predicted octanol–water partition coefficient (Wildman–Crippen LogP) is 5.39. The second-order valence-electron chi connectivity index (χ2n) is 6.73. The Bertz CT molecular complexity index is 1120. The van der Waals surface area contributed by atoms with Gasteiger partial charge in [0.15, 0.2) is 11.5 Å². The van der Waals surface area contributed by atoms with Crippen molar-refractivity contribution in [3.8, 4) is 17.2 Å². The molecule has 1 amide bonds. The summed E-state index contributed by atoms with van der Waals surface area (Å²) in [4.78, 5) is 12.2. The Balaban J connectivity index is 1.54. The summed E-state index contributed by atoms with van der Waals surface area (Å²) in [6.45, 7) is 0.359. The Kier molecular flexibility index (Phi) is 8.53. The first-order valence-electron chi connectivity index (χ1n) is 9.68. The molecule has 0 fully saturated rings.